The molecule has 2 bridgehead atoms. The Morgan fingerprint density at radius 3 is 2.38 bits per heavy atom. The molecule has 1 aromatic rings. The lowest BCUT2D eigenvalue weighted by molar-refractivity contribution is -0.230. The van der Waals surface area contributed by atoms with Crippen LogP contribution in [0.2, 0.25) is 0 Å². The molecule has 0 unspecified atom stereocenters. The first-order chi connectivity index (χ1) is 11.3. The van der Waals surface area contributed by atoms with E-state index in [0.717, 1.165) is 5.56 Å². The van der Waals surface area contributed by atoms with Crippen molar-refractivity contribution >= 4 is 29.0 Å². The molecule has 24 heavy (non-hydrogen) atoms. The normalized spacial score (nSPS) is 40.0. The first-order valence-electron chi connectivity index (χ1n) is 7.70. The first kappa shape index (κ1) is 17.9. The van der Waals surface area contributed by atoms with Crippen LogP contribution in [0, 0.1) is 0 Å². The molecular formula is C18H20Cl2O4. The highest BCUT2D eigenvalue weighted by Crippen LogP contribution is 2.72. The van der Waals surface area contributed by atoms with E-state index in [1.807, 2.05) is 30.3 Å². The zero-order valence-electron chi connectivity index (χ0n) is 13.6. The predicted octanol–water partition coefficient (Wildman–Crippen LogP) is 3.01. The summed E-state index contributed by atoms with van der Waals surface area (Å²) in [7, 11) is 2.77. The second kappa shape index (κ2) is 5.55. The van der Waals surface area contributed by atoms with Gasteiger partial charge in [0.2, 0.25) is 5.79 Å². The van der Waals surface area contributed by atoms with E-state index in [9.17, 15) is 9.90 Å². The molecular weight excluding hydrogens is 351 g/mol. The van der Waals surface area contributed by atoms with Crippen LogP contribution >= 0.6 is 23.2 Å². The van der Waals surface area contributed by atoms with E-state index in [4.69, 9.17) is 32.7 Å². The molecule has 130 valence electrons. The molecule has 0 spiro atoms. The van der Waals surface area contributed by atoms with Gasteiger partial charge in [-0.25, -0.2) is 0 Å². The number of rotatable bonds is 5. The fourth-order valence-electron chi connectivity index (χ4n) is 4.50. The van der Waals surface area contributed by atoms with E-state index in [-0.39, 0.29) is 12.8 Å². The zero-order valence-corrected chi connectivity index (χ0v) is 15.1. The molecule has 4 nitrogen and oxygen atoms in total. The summed E-state index contributed by atoms with van der Waals surface area (Å²) < 4.78 is 11.2. The maximum absolute atomic E-state index is 13.2. The van der Waals surface area contributed by atoms with Crippen molar-refractivity contribution in [2.24, 2.45) is 0 Å². The standard InChI is InChI=1S/C18H20Cl2O4/c1-4-10-15(22)14(21)17(20)13(12-8-6-5-7-9-12)11-16(15,19)18(17,23-2)24-3/h4-9,13,22H,1,10-11H2,2-3H3/t13-,15-,16-,17+/m0/s1. The summed E-state index contributed by atoms with van der Waals surface area (Å²) in [6, 6.07) is 9.37. The van der Waals surface area contributed by atoms with Gasteiger partial charge in [0.25, 0.3) is 0 Å². The number of methoxy groups -OCH3 is 2. The van der Waals surface area contributed by atoms with Gasteiger partial charge >= 0.3 is 0 Å². The molecule has 4 atom stereocenters. The minimum atomic E-state index is -1.91. The molecule has 1 aromatic carbocycles. The third kappa shape index (κ3) is 1.68. The Morgan fingerprint density at radius 1 is 1.29 bits per heavy atom. The topological polar surface area (TPSA) is 55.8 Å². The Bertz CT molecular complexity index is 675. The van der Waals surface area contributed by atoms with Crippen LogP contribution in [0.15, 0.2) is 43.0 Å². The maximum Gasteiger partial charge on any atom is 0.218 e. The molecule has 0 aromatic heterocycles. The van der Waals surface area contributed by atoms with Crippen molar-refractivity contribution in [3.63, 3.8) is 0 Å². The molecule has 2 aliphatic carbocycles. The van der Waals surface area contributed by atoms with Crippen molar-refractivity contribution in [2.45, 2.75) is 39.9 Å². The number of hydrogen-bond donors (Lipinski definition) is 1. The number of carbonyl (C=O) groups is 1. The number of ether oxygens (including phenoxy) is 2. The van der Waals surface area contributed by atoms with Crippen molar-refractivity contribution in [3.05, 3.63) is 48.6 Å². The van der Waals surface area contributed by atoms with Crippen molar-refractivity contribution in [2.75, 3.05) is 14.2 Å². The van der Waals surface area contributed by atoms with Gasteiger partial charge in [-0.1, -0.05) is 36.4 Å². The number of benzene rings is 1. The van der Waals surface area contributed by atoms with E-state index in [0.29, 0.717) is 0 Å². The number of halogens is 2. The Labute approximate surface area is 151 Å². The van der Waals surface area contributed by atoms with Gasteiger partial charge < -0.3 is 14.6 Å². The summed E-state index contributed by atoms with van der Waals surface area (Å²) in [4.78, 5) is 10.1. The summed E-state index contributed by atoms with van der Waals surface area (Å²) in [5, 5.41) is 11.1. The molecule has 0 aliphatic heterocycles. The van der Waals surface area contributed by atoms with Gasteiger partial charge in [-0.3, -0.25) is 4.79 Å². The molecule has 0 saturated heterocycles. The van der Waals surface area contributed by atoms with Crippen molar-refractivity contribution < 1.29 is 19.4 Å². The Hall–Kier alpha value is -0.910. The Morgan fingerprint density at radius 2 is 1.88 bits per heavy atom. The van der Waals surface area contributed by atoms with E-state index < -0.39 is 32.8 Å². The van der Waals surface area contributed by atoms with E-state index >= 15 is 0 Å². The molecule has 0 amide bonds. The van der Waals surface area contributed by atoms with Gasteiger partial charge in [-0.15, -0.1) is 29.8 Å². The summed E-state index contributed by atoms with van der Waals surface area (Å²) in [5.41, 5.74) is -1.06. The molecule has 2 fully saturated rings. The number of fused-ring (bicyclic) bond motifs is 2. The van der Waals surface area contributed by atoms with Crippen LogP contribution < -0.4 is 0 Å². The highest BCUT2D eigenvalue weighted by molar-refractivity contribution is 6.45. The second-order valence-corrected chi connectivity index (χ2v) is 7.63. The van der Waals surface area contributed by atoms with Crippen LogP contribution in [0.4, 0.5) is 0 Å². The highest BCUT2D eigenvalue weighted by atomic mass is 35.5. The van der Waals surface area contributed by atoms with Crippen LogP contribution in [0.1, 0.15) is 24.3 Å². The minimum absolute atomic E-state index is 0.0280. The van der Waals surface area contributed by atoms with Crippen molar-refractivity contribution in [3.8, 4) is 0 Å². The monoisotopic (exact) mass is 370 g/mol. The minimum Gasteiger partial charge on any atom is -0.380 e. The summed E-state index contributed by atoms with van der Waals surface area (Å²) in [5.74, 6) is -2.69. The largest absolute Gasteiger partial charge is 0.380 e. The van der Waals surface area contributed by atoms with Crippen LogP contribution in [0.3, 0.4) is 0 Å². The van der Waals surface area contributed by atoms with Crippen LogP contribution in [-0.4, -0.2) is 46.2 Å². The number of ketones is 1. The Balaban J connectivity index is 2.26. The molecule has 0 heterocycles. The molecule has 0 radical (unpaired) electrons. The van der Waals surface area contributed by atoms with Crippen LogP contribution in [0.5, 0.6) is 0 Å². The fourth-order valence-corrected chi connectivity index (χ4v) is 5.85. The number of alkyl halides is 2. The third-order valence-electron chi connectivity index (χ3n) is 5.54. The zero-order chi connectivity index (χ0) is 17.8. The molecule has 2 aliphatic rings. The number of hydrogen-bond acceptors (Lipinski definition) is 4. The maximum atomic E-state index is 13.2. The lowest BCUT2D eigenvalue weighted by atomic mass is 9.73. The fraction of sp³-hybridized carbons (Fsp3) is 0.500. The van der Waals surface area contributed by atoms with Gasteiger partial charge in [0.15, 0.2) is 16.3 Å². The SMILES string of the molecule is C=CC[C@]1(O)C(=O)[C@]2(Cl)[C@H](c3ccccc3)C[C@@]1(Cl)C2(OC)OC. The van der Waals surface area contributed by atoms with Crippen molar-refractivity contribution in [1.82, 2.24) is 0 Å². The lowest BCUT2D eigenvalue weighted by Gasteiger charge is -2.42. The van der Waals surface area contributed by atoms with Gasteiger partial charge in [0, 0.05) is 26.6 Å². The van der Waals surface area contributed by atoms with Gasteiger partial charge in [-0.05, 0) is 12.0 Å². The van der Waals surface area contributed by atoms with Gasteiger partial charge in [0.05, 0.1) is 0 Å². The first-order valence-corrected chi connectivity index (χ1v) is 8.46. The highest BCUT2D eigenvalue weighted by Gasteiger charge is 2.90. The second-order valence-electron chi connectivity index (χ2n) is 6.39. The van der Waals surface area contributed by atoms with E-state index in [1.165, 1.54) is 20.3 Å². The quantitative estimate of drug-likeness (QED) is 0.491. The number of aliphatic hydroxyl groups is 1. The lowest BCUT2D eigenvalue weighted by Crippen LogP contribution is -2.60. The Kier molecular flexibility index (Phi) is 4.14. The molecule has 1 N–H and O–H groups in total. The smallest absolute Gasteiger partial charge is 0.218 e. The third-order valence-corrected chi connectivity index (χ3v) is 6.94. The number of carbonyl (C=O) groups excluding carboxylic acids is 1. The van der Waals surface area contributed by atoms with Gasteiger partial charge in [0.1, 0.15) is 4.87 Å². The molecule has 3 rings (SSSR count). The predicted molar refractivity (Wildman–Crippen MR) is 92.5 cm³/mol. The molecule has 6 heteroatoms. The number of Topliss-reactive ketones (excluding diaryl/α,β-unsaturated/α-hetero) is 1. The van der Waals surface area contributed by atoms with Crippen LogP contribution in [-0.2, 0) is 14.3 Å². The summed E-state index contributed by atoms with van der Waals surface area (Å²) in [6.45, 7) is 3.62. The van der Waals surface area contributed by atoms with Crippen molar-refractivity contribution in [1.29, 1.82) is 0 Å². The summed E-state index contributed by atoms with van der Waals surface area (Å²) in [6.07, 6.45) is 1.66. The molecule has 2 saturated carbocycles. The van der Waals surface area contributed by atoms with E-state index in [1.54, 1.807) is 0 Å². The van der Waals surface area contributed by atoms with E-state index in [2.05, 4.69) is 6.58 Å². The average Bonchev–Trinajstić information content (AvgIpc) is 2.86. The summed E-state index contributed by atoms with van der Waals surface area (Å²) >= 11 is 13.8. The van der Waals surface area contributed by atoms with Crippen LogP contribution in [0.25, 0.3) is 0 Å². The van der Waals surface area contributed by atoms with Gasteiger partial charge in [-0.2, -0.15) is 0 Å². The average molecular weight is 371 g/mol.